The Morgan fingerprint density at radius 3 is 2.81 bits per heavy atom. The van der Waals surface area contributed by atoms with Crippen molar-refractivity contribution in [2.24, 2.45) is 0 Å². The molecule has 88 valence electrons. The van der Waals surface area contributed by atoms with Crippen LogP contribution in [0.4, 0.5) is 4.39 Å². The third-order valence-electron chi connectivity index (χ3n) is 1.74. The van der Waals surface area contributed by atoms with Gasteiger partial charge in [0.05, 0.1) is 11.6 Å². The first-order valence-electron chi connectivity index (χ1n) is 4.34. The van der Waals surface area contributed by atoms with Crippen LogP contribution in [0.25, 0.3) is 0 Å². The van der Waals surface area contributed by atoms with Crippen LogP contribution in [0.5, 0.6) is 5.75 Å². The van der Waals surface area contributed by atoms with Crippen LogP contribution in [0.3, 0.4) is 0 Å². The Morgan fingerprint density at radius 1 is 1.56 bits per heavy atom. The normalized spacial score (nSPS) is 12.0. The van der Waals surface area contributed by atoms with Gasteiger partial charge in [0.1, 0.15) is 23.0 Å². The van der Waals surface area contributed by atoms with E-state index < -0.39 is 16.6 Å². The van der Waals surface area contributed by atoms with E-state index in [0.29, 0.717) is 10.2 Å². The topological polar surface area (TPSA) is 35.5 Å². The molecule has 0 aliphatic heterocycles. The summed E-state index contributed by atoms with van der Waals surface area (Å²) in [5.74, 6) is -0.492. The number of halogens is 3. The largest absolute Gasteiger partial charge is 0.492 e. The van der Waals surface area contributed by atoms with Gasteiger partial charge in [0.25, 0.3) is 0 Å². The van der Waals surface area contributed by atoms with Crippen LogP contribution in [0.2, 0.25) is 0 Å². The maximum absolute atomic E-state index is 13.1. The SMILES string of the molecule is COC(=O)C(Br)COc1ccc(Br)c(F)c1. The van der Waals surface area contributed by atoms with Gasteiger partial charge >= 0.3 is 5.97 Å². The van der Waals surface area contributed by atoms with Crippen LogP contribution >= 0.6 is 31.9 Å². The second-order valence-corrected chi connectivity index (χ2v) is 4.84. The minimum Gasteiger partial charge on any atom is -0.492 e. The molecule has 3 nitrogen and oxygen atoms in total. The number of carbonyl (C=O) groups is 1. The minimum atomic E-state index is -0.566. The Bertz CT molecular complexity index is 384. The first-order chi connectivity index (χ1) is 7.54. The van der Waals surface area contributed by atoms with E-state index in [0.717, 1.165) is 0 Å². The Hall–Kier alpha value is -0.620. The lowest BCUT2D eigenvalue weighted by molar-refractivity contribution is -0.140. The molecule has 1 unspecified atom stereocenters. The van der Waals surface area contributed by atoms with E-state index >= 15 is 0 Å². The van der Waals surface area contributed by atoms with Crippen LogP contribution < -0.4 is 4.74 Å². The molecule has 0 heterocycles. The molecule has 16 heavy (non-hydrogen) atoms. The molecule has 1 atom stereocenters. The fourth-order valence-corrected chi connectivity index (χ4v) is 1.50. The predicted octanol–water partition coefficient (Wildman–Crippen LogP) is 2.90. The van der Waals surface area contributed by atoms with Crippen molar-refractivity contribution in [1.29, 1.82) is 0 Å². The van der Waals surface area contributed by atoms with Crippen LogP contribution in [0.15, 0.2) is 22.7 Å². The summed E-state index contributed by atoms with van der Waals surface area (Å²) in [6, 6.07) is 4.37. The van der Waals surface area contributed by atoms with Crippen molar-refractivity contribution in [3.8, 4) is 5.75 Å². The molecule has 0 aromatic heterocycles. The van der Waals surface area contributed by atoms with E-state index in [1.807, 2.05) is 0 Å². The number of methoxy groups -OCH3 is 1. The Labute approximate surface area is 109 Å². The second-order valence-electron chi connectivity index (χ2n) is 2.88. The Balaban J connectivity index is 2.55. The molecule has 1 aromatic carbocycles. The summed E-state index contributed by atoms with van der Waals surface area (Å²) in [5.41, 5.74) is 0. The summed E-state index contributed by atoms with van der Waals surface area (Å²) in [4.78, 5) is 10.5. The molecular weight excluding hydrogens is 347 g/mol. The summed E-state index contributed by atoms with van der Waals surface area (Å²) >= 11 is 6.12. The van der Waals surface area contributed by atoms with Crippen LogP contribution in [-0.4, -0.2) is 24.5 Å². The Morgan fingerprint density at radius 2 is 2.25 bits per heavy atom. The molecule has 0 aliphatic rings. The quantitative estimate of drug-likeness (QED) is 0.615. The molecule has 1 rings (SSSR count). The van der Waals surface area contributed by atoms with Crippen LogP contribution in [0.1, 0.15) is 0 Å². The van der Waals surface area contributed by atoms with E-state index in [2.05, 4.69) is 36.6 Å². The van der Waals surface area contributed by atoms with Crippen molar-refractivity contribution in [2.45, 2.75) is 4.83 Å². The van der Waals surface area contributed by atoms with E-state index in [9.17, 15) is 9.18 Å². The average Bonchev–Trinajstić information content (AvgIpc) is 2.29. The zero-order chi connectivity index (χ0) is 12.1. The molecule has 0 amide bonds. The molecule has 1 aromatic rings. The van der Waals surface area contributed by atoms with E-state index in [1.54, 1.807) is 6.07 Å². The average molecular weight is 356 g/mol. The van der Waals surface area contributed by atoms with Gasteiger partial charge in [0.2, 0.25) is 0 Å². The zero-order valence-corrected chi connectivity index (χ0v) is 11.5. The number of hydrogen-bond acceptors (Lipinski definition) is 3. The van der Waals surface area contributed by atoms with Gasteiger partial charge in [-0.15, -0.1) is 0 Å². The lowest BCUT2D eigenvalue weighted by Gasteiger charge is -2.10. The molecule has 6 heteroatoms. The molecule has 0 saturated heterocycles. The van der Waals surface area contributed by atoms with Gasteiger partial charge in [-0.2, -0.15) is 0 Å². The molecule has 0 aliphatic carbocycles. The van der Waals surface area contributed by atoms with Gasteiger partial charge in [0.15, 0.2) is 0 Å². The van der Waals surface area contributed by atoms with Gasteiger partial charge in [0, 0.05) is 6.07 Å². The molecule has 0 saturated carbocycles. The molecular formula is C10H9Br2FO3. The molecule has 0 radical (unpaired) electrons. The van der Waals surface area contributed by atoms with Crippen LogP contribution in [0, 0.1) is 5.82 Å². The summed E-state index contributed by atoms with van der Waals surface area (Å²) < 4.78 is 23.2. The fourth-order valence-electron chi connectivity index (χ4n) is 0.932. The van der Waals surface area contributed by atoms with Crippen molar-refractivity contribution in [2.75, 3.05) is 13.7 Å². The Kier molecular flexibility index (Phi) is 5.21. The lowest BCUT2D eigenvalue weighted by Crippen LogP contribution is -2.22. The van der Waals surface area contributed by atoms with Crippen molar-refractivity contribution in [3.05, 3.63) is 28.5 Å². The van der Waals surface area contributed by atoms with Gasteiger partial charge < -0.3 is 9.47 Å². The monoisotopic (exact) mass is 354 g/mol. The highest BCUT2D eigenvalue weighted by atomic mass is 79.9. The lowest BCUT2D eigenvalue weighted by atomic mass is 10.3. The number of alkyl halides is 1. The molecule has 0 fully saturated rings. The minimum absolute atomic E-state index is 0.0771. The molecule has 0 bridgehead atoms. The number of esters is 1. The highest BCUT2D eigenvalue weighted by molar-refractivity contribution is 9.10. The fraction of sp³-hybridized carbons (Fsp3) is 0.300. The summed E-state index contributed by atoms with van der Waals surface area (Å²) in [5, 5.41) is 0. The standard InChI is InChI=1S/C10H9Br2FO3/c1-15-10(14)8(12)5-16-6-2-3-7(11)9(13)4-6/h2-4,8H,5H2,1H3. The first-order valence-corrected chi connectivity index (χ1v) is 6.05. The molecule has 0 N–H and O–H groups in total. The summed E-state index contributed by atoms with van der Waals surface area (Å²) in [6.07, 6.45) is 0. The maximum Gasteiger partial charge on any atom is 0.322 e. The van der Waals surface area contributed by atoms with Gasteiger partial charge in [-0.05, 0) is 28.1 Å². The summed E-state index contributed by atoms with van der Waals surface area (Å²) in [7, 11) is 1.29. The van der Waals surface area contributed by atoms with Crippen molar-refractivity contribution < 1.29 is 18.7 Å². The summed E-state index contributed by atoms with van der Waals surface area (Å²) in [6.45, 7) is 0.0771. The second kappa shape index (κ2) is 6.20. The third-order valence-corrected chi connectivity index (χ3v) is 3.03. The smallest absolute Gasteiger partial charge is 0.322 e. The highest BCUT2D eigenvalue weighted by Gasteiger charge is 2.16. The number of benzene rings is 1. The van der Waals surface area contributed by atoms with Gasteiger partial charge in [-0.25, -0.2) is 4.39 Å². The van der Waals surface area contributed by atoms with Crippen molar-refractivity contribution in [1.82, 2.24) is 0 Å². The first kappa shape index (κ1) is 13.4. The third kappa shape index (κ3) is 3.75. The van der Waals surface area contributed by atoms with Crippen molar-refractivity contribution >= 4 is 37.8 Å². The van der Waals surface area contributed by atoms with Gasteiger partial charge in [-0.1, -0.05) is 15.9 Å². The zero-order valence-electron chi connectivity index (χ0n) is 8.38. The predicted molar refractivity (Wildman–Crippen MR) is 64.3 cm³/mol. The van der Waals surface area contributed by atoms with E-state index in [4.69, 9.17) is 4.74 Å². The van der Waals surface area contributed by atoms with E-state index in [-0.39, 0.29) is 6.61 Å². The van der Waals surface area contributed by atoms with Crippen molar-refractivity contribution in [3.63, 3.8) is 0 Å². The van der Waals surface area contributed by atoms with E-state index in [1.165, 1.54) is 19.2 Å². The molecule has 0 spiro atoms. The van der Waals surface area contributed by atoms with Gasteiger partial charge in [-0.3, -0.25) is 4.79 Å². The number of carbonyl (C=O) groups excluding carboxylic acids is 1. The van der Waals surface area contributed by atoms with Crippen LogP contribution in [-0.2, 0) is 9.53 Å². The number of hydrogen-bond donors (Lipinski definition) is 0. The highest BCUT2D eigenvalue weighted by Crippen LogP contribution is 2.21. The number of ether oxygens (including phenoxy) is 2. The maximum atomic E-state index is 13.1. The number of rotatable bonds is 4.